The molecule has 3 saturated heterocycles. The zero-order valence-corrected chi connectivity index (χ0v) is 14.6. The molecular weight excluding hydrogens is 294 g/mol. The molecule has 2 amide bonds. The van der Waals surface area contributed by atoms with Crippen molar-refractivity contribution in [2.75, 3.05) is 46.5 Å². The van der Waals surface area contributed by atoms with Crippen molar-refractivity contribution in [3.8, 4) is 0 Å². The Bertz CT molecular complexity index is 404. The number of ether oxygens (including phenoxy) is 2. The summed E-state index contributed by atoms with van der Waals surface area (Å²) in [4.78, 5) is 17.2. The molecule has 0 aromatic heterocycles. The molecule has 3 fully saturated rings. The largest absolute Gasteiger partial charge is 0.379 e. The van der Waals surface area contributed by atoms with Gasteiger partial charge in [-0.1, -0.05) is 0 Å². The van der Waals surface area contributed by atoms with Gasteiger partial charge >= 0.3 is 6.03 Å². The fourth-order valence-electron chi connectivity index (χ4n) is 4.07. The third-order valence-electron chi connectivity index (χ3n) is 5.60. The van der Waals surface area contributed by atoms with E-state index in [0.29, 0.717) is 13.2 Å². The molecule has 0 aromatic carbocycles. The fraction of sp³-hybridized carbons (Fsp3) is 0.941. The van der Waals surface area contributed by atoms with E-state index in [0.717, 1.165) is 58.3 Å². The van der Waals surface area contributed by atoms with Gasteiger partial charge < -0.3 is 24.6 Å². The number of carbonyl (C=O) groups is 1. The van der Waals surface area contributed by atoms with E-state index in [1.165, 1.54) is 0 Å². The van der Waals surface area contributed by atoms with Crippen LogP contribution < -0.4 is 5.32 Å². The highest BCUT2D eigenvalue weighted by Crippen LogP contribution is 2.38. The second-order valence-electron chi connectivity index (χ2n) is 7.45. The Hall–Kier alpha value is -0.850. The molecule has 0 bridgehead atoms. The molecule has 1 N–H and O–H groups in total. The van der Waals surface area contributed by atoms with Gasteiger partial charge in [0.05, 0.1) is 25.4 Å². The molecule has 0 unspecified atom stereocenters. The van der Waals surface area contributed by atoms with Crippen LogP contribution in [0.2, 0.25) is 0 Å². The molecular formula is C17H31N3O3. The van der Waals surface area contributed by atoms with Gasteiger partial charge in [-0.25, -0.2) is 4.79 Å². The van der Waals surface area contributed by atoms with Gasteiger partial charge in [-0.05, 0) is 46.1 Å². The lowest BCUT2D eigenvalue weighted by Crippen LogP contribution is -2.57. The van der Waals surface area contributed by atoms with E-state index >= 15 is 0 Å². The monoisotopic (exact) mass is 325 g/mol. The first-order valence-corrected chi connectivity index (χ1v) is 9.05. The summed E-state index contributed by atoms with van der Waals surface area (Å²) in [5, 5.41) is 3.14. The lowest BCUT2D eigenvalue weighted by Gasteiger charge is -2.44. The van der Waals surface area contributed by atoms with Crippen molar-refractivity contribution < 1.29 is 14.3 Å². The molecule has 0 radical (unpaired) electrons. The maximum absolute atomic E-state index is 12.7. The van der Waals surface area contributed by atoms with Gasteiger partial charge in [0.25, 0.3) is 0 Å². The highest BCUT2D eigenvalue weighted by atomic mass is 16.5. The molecule has 132 valence electrons. The minimum atomic E-state index is 0.0343. The first kappa shape index (κ1) is 17.0. The third kappa shape index (κ3) is 3.98. The van der Waals surface area contributed by atoms with Crippen molar-refractivity contribution in [2.45, 2.75) is 56.7 Å². The number of nitrogens with one attached hydrogen (secondary N) is 1. The Labute approximate surface area is 139 Å². The highest BCUT2D eigenvalue weighted by molar-refractivity contribution is 5.75. The number of hydrogen-bond donors (Lipinski definition) is 1. The molecule has 3 heterocycles. The molecule has 0 saturated carbocycles. The van der Waals surface area contributed by atoms with Gasteiger partial charge in [0.2, 0.25) is 0 Å². The zero-order valence-electron chi connectivity index (χ0n) is 14.6. The summed E-state index contributed by atoms with van der Waals surface area (Å²) in [6.45, 7) is 7.11. The van der Waals surface area contributed by atoms with E-state index < -0.39 is 0 Å². The quantitative estimate of drug-likeness (QED) is 0.850. The summed E-state index contributed by atoms with van der Waals surface area (Å²) in [6.07, 6.45) is 5.63. The van der Waals surface area contributed by atoms with E-state index in [1.807, 2.05) is 6.92 Å². The lowest BCUT2D eigenvalue weighted by atomic mass is 9.85. The minimum absolute atomic E-state index is 0.0343. The predicted molar refractivity (Wildman–Crippen MR) is 88.6 cm³/mol. The zero-order chi connectivity index (χ0) is 16.3. The second-order valence-corrected chi connectivity index (χ2v) is 7.45. The van der Waals surface area contributed by atoms with Gasteiger partial charge in [-0.3, -0.25) is 0 Å². The average Bonchev–Trinajstić information content (AvgIpc) is 3.18. The first-order chi connectivity index (χ1) is 11.1. The van der Waals surface area contributed by atoms with Crippen LogP contribution in [-0.2, 0) is 9.47 Å². The summed E-state index contributed by atoms with van der Waals surface area (Å²) in [5.74, 6) is 0. The van der Waals surface area contributed by atoms with Crippen LogP contribution in [0.4, 0.5) is 4.79 Å². The van der Waals surface area contributed by atoms with Crippen LogP contribution >= 0.6 is 0 Å². The Morgan fingerprint density at radius 1 is 1.35 bits per heavy atom. The van der Waals surface area contributed by atoms with E-state index in [1.54, 1.807) is 0 Å². The van der Waals surface area contributed by atoms with E-state index in [-0.39, 0.29) is 23.7 Å². The summed E-state index contributed by atoms with van der Waals surface area (Å²) in [7, 11) is 2.17. The molecule has 1 spiro atoms. The van der Waals surface area contributed by atoms with Gasteiger partial charge in [0.1, 0.15) is 0 Å². The summed E-state index contributed by atoms with van der Waals surface area (Å²) >= 11 is 0. The van der Waals surface area contributed by atoms with Crippen molar-refractivity contribution in [2.24, 2.45) is 0 Å². The molecule has 6 heteroatoms. The number of amides is 2. The van der Waals surface area contributed by atoms with Gasteiger partial charge in [-0.2, -0.15) is 0 Å². The molecule has 3 aliphatic heterocycles. The lowest BCUT2D eigenvalue weighted by molar-refractivity contribution is 0.0310. The number of nitrogens with zero attached hydrogens (tertiary/aromatic N) is 2. The Balaban J connectivity index is 1.48. The first-order valence-electron chi connectivity index (χ1n) is 9.05. The van der Waals surface area contributed by atoms with Crippen LogP contribution in [0.3, 0.4) is 0 Å². The maximum Gasteiger partial charge on any atom is 0.318 e. The third-order valence-corrected chi connectivity index (χ3v) is 5.60. The van der Waals surface area contributed by atoms with E-state index in [2.05, 4.69) is 22.2 Å². The van der Waals surface area contributed by atoms with Crippen molar-refractivity contribution in [1.82, 2.24) is 15.1 Å². The number of rotatable bonds is 4. The van der Waals surface area contributed by atoms with Crippen LogP contribution in [0.25, 0.3) is 0 Å². The predicted octanol–water partition coefficient (Wildman–Crippen LogP) is 1.45. The van der Waals surface area contributed by atoms with Gasteiger partial charge in [0.15, 0.2) is 0 Å². The fourth-order valence-corrected chi connectivity index (χ4v) is 4.07. The second kappa shape index (κ2) is 7.36. The van der Waals surface area contributed by atoms with Crippen LogP contribution in [0.5, 0.6) is 0 Å². The number of hydrogen-bond acceptors (Lipinski definition) is 4. The minimum Gasteiger partial charge on any atom is -0.379 e. The Morgan fingerprint density at radius 2 is 2.13 bits per heavy atom. The smallest absolute Gasteiger partial charge is 0.318 e. The van der Waals surface area contributed by atoms with Crippen LogP contribution in [0.15, 0.2) is 0 Å². The van der Waals surface area contributed by atoms with Gasteiger partial charge in [0, 0.05) is 31.8 Å². The molecule has 3 rings (SSSR count). The van der Waals surface area contributed by atoms with Crippen LogP contribution in [0.1, 0.15) is 39.0 Å². The Kier molecular flexibility index (Phi) is 5.44. The number of carbonyl (C=O) groups excluding carboxylic acids is 1. The van der Waals surface area contributed by atoms with E-state index in [4.69, 9.17) is 9.47 Å². The number of piperidine rings is 1. The van der Waals surface area contributed by atoms with Crippen molar-refractivity contribution in [3.63, 3.8) is 0 Å². The van der Waals surface area contributed by atoms with Crippen molar-refractivity contribution in [1.29, 1.82) is 0 Å². The summed E-state index contributed by atoms with van der Waals surface area (Å²) in [6, 6.07) is 0.123. The van der Waals surface area contributed by atoms with E-state index in [9.17, 15) is 4.79 Å². The summed E-state index contributed by atoms with van der Waals surface area (Å²) < 4.78 is 11.1. The topological polar surface area (TPSA) is 54.0 Å². The van der Waals surface area contributed by atoms with Crippen molar-refractivity contribution >= 4 is 6.03 Å². The van der Waals surface area contributed by atoms with Gasteiger partial charge in [-0.15, -0.1) is 0 Å². The van der Waals surface area contributed by atoms with Crippen molar-refractivity contribution in [3.05, 3.63) is 0 Å². The molecule has 0 aliphatic carbocycles. The highest BCUT2D eigenvalue weighted by Gasteiger charge is 2.45. The molecule has 2 atom stereocenters. The van der Waals surface area contributed by atoms with Crippen LogP contribution in [-0.4, -0.2) is 80.0 Å². The Morgan fingerprint density at radius 3 is 2.83 bits per heavy atom. The SMILES string of the molecule is C[C@H](CO[C@H]1CCOC1)NC(=O)N1CCCC12CCN(C)CC2. The average molecular weight is 325 g/mol. The standard InChI is InChI=1S/C17H31N3O3/c1-14(12-23-15-4-11-22-13-15)18-16(21)20-8-3-5-17(20)6-9-19(2)10-7-17/h14-15H,3-13H2,1-2H3,(H,18,21)/t14-,15+/m1/s1. The maximum atomic E-state index is 12.7. The number of likely N-dealkylation sites (tertiary alicyclic amines) is 2. The molecule has 6 nitrogen and oxygen atoms in total. The summed E-state index contributed by atoms with van der Waals surface area (Å²) in [5.41, 5.74) is 0.0937. The normalized spacial score (nSPS) is 29.1. The number of urea groups is 1. The molecule has 3 aliphatic rings. The van der Waals surface area contributed by atoms with Crippen LogP contribution in [0, 0.1) is 0 Å². The molecule has 0 aromatic rings. The molecule has 23 heavy (non-hydrogen) atoms.